The predicted octanol–water partition coefficient (Wildman–Crippen LogP) is 1.59. The summed E-state index contributed by atoms with van der Waals surface area (Å²) in [4.78, 5) is 16.4. The van der Waals surface area contributed by atoms with Crippen LogP contribution in [0.1, 0.15) is 29.0 Å². The highest BCUT2D eigenvalue weighted by Crippen LogP contribution is 2.22. The summed E-state index contributed by atoms with van der Waals surface area (Å²) in [6, 6.07) is 7.81. The summed E-state index contributed by atoms with van der Waals surface area (Å²) < 4.78 is 1.69. The van der Waals surface area contributed by atoms with E-state index >= 15 is 0 Å². The van der Waals surface area contributed by atoms with Gasteiger partial charge in [-0.25, -0.2) is 4.68 Å². The van der Waals surface area contributed by atoms with E-state index in [-0.39, 0.29) is 5.91 Å². The minimum absolute atomic E-state index is 0.210. The summed E-state index contributed by atoms with van der Waals surface area (Å²) in [5, 5.41) is 13.1. The molecule has 0 radical (unpaired) electrons. The van der Waals surface area contributed by atoms with Crippen LogP contribution < -0.4 is 11.1 Å². The molecule has 2 aromatic heterocycles. The fourth-order valence-corrected chi connectivity index (χ4v) is 2.61. The molecular weight excluding hydrogens is 304 g/mol. The van der Waals surface area contributed by atoms with Crippen LogP contribution in [0, 0.1) is 6.92 Å². The van der Waals surface area contributed by atoms with E-state index in [4.69, 9.17) is 5.73 Å². The largest absolute Gasteiger partial charge is 0.351 e. The van der Waals surface area contributed by atoms with Crippen molar-refractivity contribution in [3.8, 4) is 5.69 Å². The van der Waals surface area contributed by atoms with E-state index in [2.05, 4.69) is 20.6 Å². The summed E-state index contributed by atoms with van der Waals surface area (Å²) in [5.41, 5.74) is 7.37. The van der Waals surface area contributed by atoms with E-state index in [1.165, 1.54) is 0 Å². The Morgan fingerprint density at radius 1 is 1.29 bits per heavy atom. The third-order valence-electron chi connectivity index (χ3n) is 3.91. The second-order valence-corrected chi connectivity index (χ2v) is 5.56. The minimum Gasteiger partial charge on any atom is -0.351 e. The number of aromatic nitrogens is 4. The molecule has 7 nitrogen and oxygen atoms in total. The molecule has 0 bridgehead atoms. The van der Waals surface area contributed by atoms with Crippen LogP contribution >= 0.6 is 0 Å². The molecule has 1 aromatic carbocycles. The van der Waals surface area contributed by atoms with Gasteiger partial charge in [0.25, 0.3) is 5.91 Å². The SMILES string of the molecule is Cc1c(C(=O)NCCCCN)nnn1-c1cccc2cnccc12. The van der Waals surface area contributed by atoms with Gasteiger partial charge in [-0.1, -0.05) is 17.3 Å². The average Bonchev–Trinajstić information content (AvgIpc) is 2.99. The van der Waals surface area contributed by atoms with Crippen LogP contribution in [-0.2, 0) is 0 Å². The van der Waals surface area contributed by atoms with E-state index in [1.54, 1.807) is 17.1 Å². The summed E-state index contributed by atoms with van der Waals surface area (Å²) >= 11 is 0. The Hall–Kier alpha value is -2.80. The van der Waals surface area contributed by atoms with Crippen LogP contribution in [0.3, 0.4) is 0 Å². The second kappa shape index (κ2) is 7.18. The van der Waals surface area contributed by atoms with E-state index in [0.29, 0.717) is 24.5 Å². The monoisotopic (exact) mass is 324 g/mol. The number of hydrogen-bond acceptors (Lipinski definition) is 5. The highest BCUT2D eigenvalue weighted by molar-refractivity contribution is 5.94. The third kappa shape index (κ3) is 3.11. The molecule has 0 aliphatic carbocycles. The van der Waals surface area contributed by atoms with Gasteiger partial charge in [-0.2, -0.15) is 0 Å². The molecule has 3 aromatic rings. The lowest BCUT2D eigenvalue weighted by Crippen LogP contribution is -2.26. The first-order chi connectivity index (χ1) is 11.7. The smallest absolute Gasteiger partial charge is 0.273 e. The van der Waals surface area contributed by atoms with Crippen LogP contribution in [0.4, 0.5) is 0 Å². The molecule has 24 heavy (non-hydrogen) atoms. The summed E-state index contributed by atoms with van der Waals surface area (Å²) in [6.07, 6.45) is 5.28. The minimum atomic E-state index is -0.210. The van der Waals surface area contributed by atoms with Gasteiger partial charge in [0.15, 0.2) is 5.69 Å². The molecule has 3 N–H and O–H groups in total. The fraction of sp³-hybridized carbons (Fsp3) is 0.294. The number of hydrogen-bond donors (Lipinski definition) is 2. The number of nitrogens with one attached hydrogen (secondary N) is 1. The number of carbonyl (C=O) groups excluding carboxylic acids is 1. The van der Waals surface area contributed by atoms with Crippen molar-refractivity contribution in [3.63, 3.8) is 0 Å². The van der Waals surface area contributed by atoms with Crippen LogP contribution in [0.2, 0.25) is 0 Å². The molecule has 0 saturated carbocycles. The Bertz CT molecular complexity index is 852. The van der Waals surface area contributed by atoms with Crippen molar-refractivity contribution in [2.24, 2.45) is 5.73 Å². The zero-order chi connectivity index (χ0) is 16.9. The van der Waals surface area contributed by atoms with Crippen LogP contribution in [-0.4, -0.2) is 39.0 Å². The number of amides is 1. The van der Waals surface area contributed by atoms with Crippen molar-refractivity contribution >= 4 is 16.7 Å². The van der Waals surface area contributed by atoms with Gasteiger partial charge in [0.2, 0.25) is 0 Å². The molecule has 2 heterocycles. The average molecular weight is 324 g/mol. The fourth-order valence-electron chi connectivity index (χ4n) is 2.61. The lowest BCUT2D eigenvalue weighted by molar-refractivity contribution is 0.0947. The number of benzene rings is 1. The Morgan fingerprint density at radius 2 is 2.17 bits per heavy atom. The standard InChI is InChI=1S/C17H20N6O/c1-12-16(17(24)20-9-3-2-8-18)21-22-23(12)15-6-4-5-13-11-19-10-7-14(13)15/h4-7,10-11H,2-3,8-9,18H2,1H3,(H,20,24). The molecule has 0 aliphatic heterocycles. The van der Waals surface area contributed by atoms with Crippen molar-refractivity contribution < 1.29 is 4.79 Å². The van der Waals surface area contributed by atoms with Crippen LogP contribution in [0.5, 0.6) is 0 Å². The predicted molar refractivity (Wildman–Crippen MR) is 92.0 cm³/mol. The summed E-state index contributed by atoms with van der Waals surface area (Å²) in [7, 11) is 0. The molecule has 1 amide bonds. The van der Waals surface area contributed by atoms with E-state index in [0.717, 1.165) is 29.3 Å². The summed E-state index contributed by atoms with van der Waals surface area (Å²) in [6.45, 7) is 3.05. The number of nitrogens with zero attached hydrogens (tertiary/aromatic N) is 4. The normalized spacial score (nSPS) is 10.9. The Kier molecular flexibility index (Phi) is 4.81. The molecular formula is C17H20N6O. The number of carbonyl (C=O) groups is 1. The number of nitrogens with two attached hydrogens (primary N) is 1. The number of pyridine rings is 1. The van der Waals surface area contributed by atoms with Gasteiger partial charge in [0.05, 0.1) is 11.4 Å². The van der Waals surface area contributed by atoms with E-state index in [9.17, 15) is 4.79 Å². The van der Waals surface area contributed by atoms with E-state index < -0.39 is 0 Å². The molecule has 0 atom stereocenters. The first-order valence-corrected chi connectivity index (χ1v) is 7.96. The Labute approximate surface area is 139 Å². The Balaban J connectivity index is 1.88. The molecule has 3 rings (SSSR count). The first kappa shape index (κ1) is 16.1. The zero-order valence-electron chi connectivity index (χ0n) is 13.6. The molecule has 0 spiro atoms. The quantitative estimate of drug-likeness (QED) is 0.671. The maximum atomic E-state index is 12.3. The van der Waals surface area contributed by atoms with Gasteiger partial charge < -0.3 is 11.1 Å². The topological polar surface area (TPSA) is 98.7 Å². The van der Waals surface area contributed by atoms with Gasteiger partial charge in [0.1, 0.15) is 0 Å². The van der Waals surface area contributed by atoms with Crippen molar-refractivity contribution in [3.05, 3.63) is 48.0 Å². The van der Waals surface area contributed by atoms with Crippen molar-refractivity contribution in [2.75, 3.05) is 13.1 Å². The maximum absolute atomic E-state index is 12.3. The molecule has 0 saturated heterocycles. The van der Waals surface area contributed by atoms with Crippen LogP contribution in [0.25, 0.3) is 16.5 Å². The second-order valence-electron chi connectivity index (χ2n) is 5.56. The van der Waals surface area contributed by atoms with E-state index in [1.807, 2.05) is 31.2 Å². The maximum Gasteiger partial charge on any atom is 0.273 e. The summed E-state index contributed by atoms with van der Waals surface area (Å²) in [5.74, 6) is -0.210. The molecule has 0 aliphatic rings. The van der Waals surface area contributed by atoms with Crippen molar-refractivity contribution in [2.45, 2.75) is 19.8 Å². The molecule has 0 unspecified atom stereocenters. The number of unbranched alkanes of at least 4 members (excludes halogenated alkanes) is 1. The van der Waals surface area contributed by atoms with Gasteiger partial charge >= 0.3 is 0 Å². The van der Waals surface area contributed by atoms with Gasteiger partial charge in [-0.05, 0) is 38.4 Å². The Morgan fingerprint density at radius 3 is 3.00 bits per heavy atom. The number of fused-ring (bicyclic) bond motifs is 1. The third-order valence-corrected chi connectivity index (χ3v) is 3.91. The molecule has 7 heteroatoms. The highest BCUT2D eigenvalue weighted by Gasteiger charge is 2.17. The molecule has 124 valence electrons. The zero-order valence-corrected chi connectivity index (χ0v) is 13.6. The van der Waals surface area contributed by atoms with Gasteiger partial charge in [-0.3, -0.25) is 9.78 Å². The highest BCUT2D eigenvalue weighted by atomic mass is 16.2. The lowest BCUT2D eigenvalue weighted by Gasteiger charge is -2.08. The van der Waals surface area contributed by atoms with Crippen molar-refractivity contribution in [1.82, 2.24) is 25.3 Å². The first-order valence-electron chi connectivity index (χ1n) is 7.96. The van der Waals surface area contributed by atoms with Gasteiger partial charge in [0, 0.05) is 29.7 Å². The lowest BCUT2D eigenvalue weighted by atomic mass is 10.1. The number of rotatable bonds is 6. The van der Waals surface area contributed by atoms with Crippen molar-refractivity contribution in [1.29, 1.82) is 0 Å². The van der Waals surface area contributed by atoms with Gasteiger partial charge in [-0.15, -0.1) is 5.10 Å². The van der Waals surface area contributed by atoms with Crippen LogP contribution in [0.15, 0.2) is 36.7 Å². The molecule has 0 fully saturated rings.